The highest BCUT2D eigenvalue weighted by Gasteiger charge is 2.32. The minimum atomic E-state index is -4.68. The van der Waals surface area contributed by atoms with Gasteiger partial charge in [0.15, 0.2) is 21.3 Å². The number of amides is 1. The van der Waals surface area contributed by atoms with E-state index in [1.54, 1.807) is 0 Å². The highest BCUT2D eigenvalue weighted by atomic mass is 32.2. The van der Waals surface area contributed by atoms with E-state index in [0.29, 0.717) is 15.3 Å². The fourth-order valence-electron chi connectivity index (χ4n) is 2.88. The molecule has 3 heterocycles. The molecular weight excluding hydrogens is 439 g/mol. The molecule has 0 unspecified atom stereocenters. The first kappa shape index (κ1) is 21.0. The van der Waals surface area contributed by atoms with Gasteiger partial charge < -0.3 is 5.32 Å². The molecule has 164 valence electrons. The Morgan fingerprint density at radius 2 is 2.00 bits per heavy atom. The van der Waals surface area contributed by atoms with Gasteiger partial charge in [-0.15, -0.1) is 5.10 Å². The monoisotopic (exact) mass is 455 g/mol. The molecule has 0 bridgehead atoms. The Hall–Kier alpha value is -3.22. The maximum absolute atomic E-state index is 13.0. The molecule has 4 rings (SSSR count). The molecule has 1 N–H and O–H groups in total. The normalized spacial score (nSPS) is 14.7. The summed E-state index contributed by atoms with van der Waals surface area (Å²) >= 11 is 0. The average Bonchev–Trinajstić information content (AvgIpc) is 3.48. The van der Waals surface area contributed by atoms with Crippen LogP contribution >= 0.6 is 0 Å². The Bertz CT molecular complexity index is 1360. The molecular formula is C18H16F3N5O4S. The molecule has 1 amide bonds. The summed E-state index contributed by atoms with van der Waals surface area (Å²) in [6.45, 7) is 1.37. The SMILES string of the molecule is CCS(=O)(=O)c1cc(C(=O)NC2CC2)cnc1-n1nc2ccc(C(F)(F)F)cn2c1=O. The molecule has 1 saturated carbocycles. The van der Waals surface area contributed by atoms with Gasteiger partial charge >= 0.3 is 11.9 Å². The van der Waals surface area contributed by atoms with Crippen molar-refractivity contribution in [3.63, 3.8) is 0 Å². The fraction of sp³-hybridized carbons (Fsp3) is 0.333. The summed E-state index contributed by atoms with van der Waals surface area (Å²) in [7, 11) is -3.96. The van der Waals surface area contributed by atoms with Gasteiger partial charge in [-0.3, -0.25) is 4.79 Å². The van der Waals surface area contributed by atoms with Crippen molar-refractivity contribution < 1.29 is 26.4 Å². The van der Waals surface area contributed by atoms with Crippen LogP contribution in [0.4, 0.5) is 13.2 Å². The van der Waals surface area contributed by atoms with Gasteiger partial charge in [0.25, 0.3) is 5.91 Å². The molecule has 3 aromatic heterocycles. The second kappa shape index (κ2) is 7.18. The number of alkyl halides is 3. The smallest absolute Gasteiger partial charge is 0.349 e. The maximum Gasteiger partial charge on any atom is 0.417 e. The molecule has 0 aliphatic heterocycles. The number of carbonyl (C=O) groups is 1. The summed E-state index contributed by atoms with van der Waals surface area (Å²) in [5, 5.41) is 6.63. The Balaban J connectivity index is 1.88. The molecule has 0 saturated heterocycles. The van der Waals surface area contributed by atoms with E-state index in [-0.39, 0.29) is 23.0 Å². The lowest BCUT2D eigenvalue weighted by Crippen LogP contribution is -2.27. The fourth-order valence-corrected chi connectivity index (χ4v) is 3.92. The molecule has 0 spiro atoms. The zero-order valence-corrected chi connectivity index (χ0v) is 16.9. The molecule has 0 aromatic carbocycles. The highest BCUT2D eigenvalue weighted by molar-refractivity contribution is 7.91. The predicted octanol–water partition coefficient (Wildman–Crippen LogP) is 1.58. The zero-order chi connectivity index (χ0) is 22.6. The van der Waals surface area contributed by atoms with Crippen LogP contribution in [0.3, 0.4) is 0 Å². The first-order valence-electron chi connectivity index (χ1n) is 9.24. The summed E-state index contributed by atoms with van der Waals surface area (Å²) in [5.41, 5.74) is -2.24. The lowest BCUT2D eigenvalue weighted by Gasteiger charge is -2.10. The van der Waals surface area contributed by atoms with Crippen molar-refractivity contribution in [3.05, 3.63) is 52.2 Å². The third kappa shape index (κ3) is 3.92. The van der Waals surface area contributed by atoms with Crippen LogP contribution in [0.25, 0.3) is 11.5 Å². The van der Waals surface area contributed by atoms with E-state index in [1.807, 2.05) is 0 Å². The van der Waals surface area contributed by atoms with E-state index >= 15 is 0 Å². The number of nitrogens with one attached hydrogen (secondary N) is 1. The van der Waals surface area contributed by atoms with Crippen molar-refractivity contribution in [2.45, 2.75) is 36.9 Å². The number of rotatable bonds is 5. The summed E-state index contributed by atoms with van der Waals surface area (Å²) in [5.74, 6) is -1.26. The van der Waals surface area contributed by atoms with Crippen LogP contribution in [-0.2, 0) is 16.0 Å². The topological polar surface area (TPSA) is 115 Å². The van der Waals surface area contributed by atoms with E-state index in [9.17, 15) is 31.2 Å². The largest absolute Gasteiger partial charge is 0.417 e. The lowest BCUT2D eigenvalue weighted by atomic mass is 10.2. The van der Waals surface area contributed by atoms with Crippen LogP contribution in [0.15, 0.2) is 40.3 Å². The number of sulfone groups is 1. The van der Waals surface area contributed by atoms with Crippen molar-refractivity contribution in [2.75, 3.05) is 5.75 Å². The van der Waals surface area contributed by atoms with Gasteiger partial charge in [0.05, 0.1) is 16.9 Å². The zero-order valence-electron chi connectivity index (χ0n) is 16.0. The Labute approximate surface area is 173 Å². The minimum absolute atomic E-state index is 0.0150. The van der Waals surface area contributed by atoms with Gasteiger partial charge in [-0.2, -0.15) is 17.9 Å². The van der Waals surface area contributed by atoms with Gasteiger partial charge in [0, 0.05) is 18.4 Å². The Morgan fingerprint density at radius 1 is 1.29 bits per heavy atom. The standard InChI is InChI=1S/C18H16F3N5O4S/c1-2-31(29,30)13-7-10(16(27)23-12-4-5-12)8-22-15(13)26-17(28)25-9-11(18(19,20)21)3-6-14(25)24-26/h3,6-9,12H,2,4-5H2,1H3,(H,23,27). The van der Waals surface area contributed by atoms with Crippen molar-refractivity contribution in [3.8, 4) is 5.82 Å². The average molecular weight is 455 g/mol. The maximum atomic E-state index is 13.0. The molecule has 9 nitrogen and oxygen atoms in total. The van der Waals surface area contributed by atoms with Crippen LogP contribution in [0.2, 0.25) is 0 Å². The molecule has 13 heteroatoms. The minimum Gasteiger partial charge on any atom is -0.349 e. The van der Waals surface area contributed by atoms with Gasteiger partial charge in [0.1, 0.15) is 4.90 Å². The Morgan fingerprint density at radius 3 is 2.61 bits per heavy atom. The van der Waals surface area contributed by atoms with Crippen molar-refractivity contribution in [2.24, 2.45) is 0 Å². The number of carbonyl (C=O) groups excluding carboxylic acids is 1. The van der Waals surface area contributed by atoms with Crippen molar-refractivity contribution in [1.29, 1.82) is 0 Å². The van der Waals surface area contributed by atoms with Crippen LogP contribution in [0.5, 0.6) is 0 Å². The van der Waals surface area contributed by atoms with E-state index in [1.165, 1.54) is 6.92 Å². The number of fused-ring (bicyclic) bond motifs is 1. The number of nitrogens with zero attached hydrogens (tertiary/aromatic N) is 4. The predicted molar refractivity (Wildman–Crippen MR) is 102 cm³/mol. The summed E-state index contributed by atoms with van der Waals surface area (Å²) in [6, 6.07) is 2.87. The van der Waals surface area contributed by atoms with E-state index in [4.69, 9.17) is 0 Å². The quantitative estimate of drug-likeness (QED) is 0.625. The number of pyridine rings is 2. The molecule has 31 heavy (non-hydrogen) atoms. The van der Waals surface area contributed by atoms with Gasteiger partial charge in [-0.05, 0) is 31.0 Å². The molecule has 3 aromatic rings. The molecule has 0 atom stereocenters. The van der Waals surface area contributed by atoms with E-state index in [2.05, 4.69) is 15.4 Å². The first-order valence-corrected chi connectivity index (χ1v) is 10.9. The van der Waals surface area contributed by atoms with Crippen LogP contribution in [0, 0.1) is 0 Å². The summed E-state index contributed by atoms with van der Waals surface area (Å²) in [4.78, 5) is 28.6. The Kier molecular flexibility index (Phi) is 4.87. The third-order valence-electron chi connectivity index (χ3n) is 4.77. The molecule has 1 aliphatic rings. The van der Waals surface area contributed by atoms with Crippen LogP contribution in [-0.4, -0.2) is 45.3 Å². The lowest BCUT2D eigenvalue weighted by molar-refractivity contribution is -0.137. The molecule has 1 aliphatic carbocycles. The third-order valence-corrected chi connectivity index (χ3v) is 6.50. The van der Waals surface area contributed by atoms with Gasteiger partial charge in [-0.25, -0.2) is 22.6 Å². The van der Waals surface area contributed by atoms with Gasteiger partial charge in [0.2, 0.25) is 0 Å². The second-order valence-electron chi connectivity index (χ2n) is 7.04. The van der Waals surface area contributed by atoms with Crippen LogP contribution in [0.1, 0.15) is 35.7 Å². The number of halogens is 3. The molecule has 1 fully saturated rings. The number of hydrogen-bond acceptors (Lipinski definition) is 6. The highest BCUT2D eigenvalue weighted by Crippen LogP contribution is 2.29. The first-order chi connectivity index (χ1) is 14.5. The second-order valence-corrected chi connectivity index (χ2v) is 9.28. The molecule has 0 radical (unpaired) electrons. The van der Waals surface area contributed by atoms with Crippen molar-refractivity contribution in [1.82, 2.24) is 24.5 Å². The summed E-state index contributed by atoms with van der Waals surface area (Å²) < 4.78 is 65.5. The number of aromatic nitrogens is 4. The van der Waals surface area contributed by atoms with E-state index in [0.717, 1.165) is 37.2 Å². The van der Waals surface area contributed by atoms with E-state index < -0.39 is 43.9 Å². The summed E-state index contributed by atoms with van der Waals surface area (Å²) in [6.07, 6.45) is -1.35. The van der Waals surface area contributed by atoms with Gasteiger partial charge in [-0.1, -0.05) is 6.92 Å². The van der Waals surface area contributed by atoms with Crippen molar-refractivity contribution >= 4 is 21.4 Å². The van der Waals surface area contributed by atoms with Crippen LogP contribution < -0.4 is 11.0 Å². The number of hydrogen-bond donors (Lipinski definition) is 1.